The predicted octanol–water partition coefficient (Wildman–Crippen LogP) is 8.92. The van der Waals surface area contributed by atoms with Crippen LogP contribution in [0.5, 0.6) is 0 Å². The molecule has 0 spiro atoms. The molecule has 6 fully saturated rings. The normalized spacial score (nSPS) is 41.9. The van der Waals surface area contributed by atoms with Crippen molar-refractivity contribution >= 4 is 35.0 Å². The maximum atomic E-state index is 14.4. The molecule has 3 aliphatic heterocycles. The highest BCUT2D eigenvalue weighted by Crippen LogP contribution is 2.68. The lowest BCUT2D eigenvalue weighted by molar-refractivity contribution is -0.265. The Balaban J connectivity index is 0.000000340. The van der Waals surface area contributed by atoms with Crippen molar-refractivity contribution in [2.45, 2.75) is 296 Å². The monoisotopic (exact) mass is 1380 g/mol. The van der Waals surface area contributed by atoms with Gasteiger partial charge in [-0.1, -0.05) is 91.8 Å². The summed E-state index contributed by atoms with van der Waals surface area (Å²) in [4.78, 5) is 85.0. The van der Waals surface area contributed by atoms with E-state index in [2.05, 4.69) is 20.8 Å². The molecule has 3 heterocycles. The fraction of sp³-hybridized carbons (Fsp3) is 0.795. The van der Waals surface area contributed by atoms with Gasteiger partial charge in [-0.2, -0.15) is 0 Å². The molecule has 5 aliphatic carbocycles. The second kappa shape index (κ2) is 34.0. The Morgan fingerprint density at radius 3 is 2.13 bits per heavy atom. The van der Waals surface area contributed by atoms with E-state index in [9.17, 15) is 69.6 Å². The summed E-state index contributed by atoms with van der Waals surface area (Å²) in [7, 11) is 4.52. The highest BCUT2D eigenvalue weighted by Gasteiger charge is 2.67. The van der Waals surface area contributed by atoms with E-state index in [1.165, 1.54) is 12.0 Å². The third-order valence-corrected chi connectivity index (χ3v) is 25.0. The minimum absolute atomic E-state index is 0.00888. The number of Topliss-reactive ketones (excluding diaryl/α,β-unsaturated/α-hetero) is 3. The van der Waals surface area contributed by atoms with Crippen LogP contribution < -0.4 is 0 Å². The van der Waals surface area contributed by atoms with Crippen molar-refractivity contribution in [1.82, 2.24) is 4.90 Å². The van der Waals surface area contributed by atoms with Gasteiger partial charge in [0.25, 0.3) is 11.7 Å². The number of esters is 1. The number of methoxy groups -OCH3 is 3. The number of fused-ring (bicyclic) bond motifs is 8. The Hall–Kier alpha value is -4.16. The fourth-order valence-electron chi connectivity index (χ4n) is 18.4. The van der Waals surface area contributed by atoms with Gasteiger partial charge in [-0.15, -0.1) is 0 Å². The zero-order valence-electron chi connectivity index (χ0n) is 61.5. The summed E-state index contributed by atoms with van der Waals surface area (Å²) < 4.78 is 29.4. The minimum atomic E-state index is -2.43. The van der Waals surface area contributed by atoms with E-state index in [1.807, 2.05) is 58.1 Å². The van der Waals surface area contributed by atoms with Crippen LogP contribution in [0.2, 0.25) is 0 Å². The SMILES string of the molecule is CO[C@H]1C[C@@H]2CC[C@@H](C)[C@@](O)(O2)C(=O)C(=O)N2CCCC[C@H]2C(=O)O[C@H]([C@H](C)C[C@@H]2CC[C@@H](O)[C@H](OC)C2)CC(=O)[C@H](C)/C=C(\C)[C@@H](O)[C@@H](OC)C(=O)[C@H](C)C[C@H](C)/C=C/C=CC=C1C.C[C@H]([C@H](O)CCC(C)(C)O)[C@H]1CC[C@@]2(O)C3=CC(=O)[C@@H]4C[C@@H](O)[C@@H](O)C[C@]4(C)[C@H]3CC[C@]12C. The Morgan fingerprint density at radius 2 is 1.47 bits per heavy atom. The molecule has 0 aromatic carbocycles. The lowest BCUT2D eigenvalue weighted by Gasteiger charge is -2.60. The number of nitrogens with zero attached hydrogens (tertiary/aromatic N) is 1. The average Bonchev–Trinajstić information content (AvgIpc) is 1.35. The molecule has 20 nitrogen and oxygen atoms in total. The van der Waals surface area contributed by atoms with Gasteiger partial charge in [-0.3, -0.25) is 24.0 Å². The number of carbonyl (C=O) groups excluding carboxylic acids is 6. The number of allylic oxidation sites excluding steroid dienone is 7. The van der Waals surface area contributed by atoms with Crippen LogP contribution in [0.1, 0.15) is 212 Å². The van der Waals surface area contributed by atoms with E-state index in [0.29, 0.717) is 89.0 Å². The van der Waals surface area contributed by atoms with Crippen LogP contribution in [0.3, 0.4) is 0 Å². The van der Waals surface area contributed by atoms with Crippen molar-refractivity contribution in [3.8, 4) is 0 Å². The van der Waals surface area contributed by atoms with Crippen molar-refractivity contribution in [3.05, 3.63) is 59.3 Å². The maximum Gasteiger partial charge on any atom is 0.329 e. The molecule has 8 rings (SSSR count). The number of rotatable bonds is 11. The molecule has 554 valence electrons. The Bertz CT molecular complexity index is 2930. The number of cyclic esters (lactones) is 1. The summed E-state index contributed by atoms with van der Waals surface area (Å²) in [5, 5.41) is 87.7. The molecule has 0 aromatic rings. The number of ketones is 4. The standard InChI is InChI=1S/C51H79NO13.C27H44O6/c1-30-16-12-11-13-17-31(2)42(61-8)28-38-21-19-36(7)51(60,65-38)48(57)49(58)52-23-15-14-18-39(52)50(59)64-43(33(4)26-37-20-22-40(53)44(27-37)62-9)29-41(54)32(3)25-35(6)46(56)47(63-10)45(55)34(5)24-30;1-15(20(28)8-9-24(2,3)32)16-7-11-27(33)18-12-21(29)19-13-22(30)23(31)14-25(19,4)17(18)6-10-26(16,27)5/h11-13,16-17,25,30,32-34,36-40,42-44,46-47,53,56,60H,14-15,18-24,26-29H2,1-10H3;12,15-17,19-20,22-23,28,30-33H,6-11,13-14H2,1-5H3/b13-11?,16-12+,31-17?,35-25+;/t30-,32-,33-,34-,36-,37+,38+,39+,40-,42+,43+,44-,46-,47+,51-;15-,16+,17-,19-,20+,22+,23-,25+,26+,27+/m10/s1. The summed E-state index contributed by atoms with van der Waals surface area (Å²) in [6, 6.07) is -1.14. The van der Waals surface area contributed by atoms with Crippen molar-refractivity contribution < 1.29 is 93.3 Å². The zero-order chi connectivity index (χ0) is 72.7. The van der Waals surface area contributed by atoms with Gasteiger partial charge >= 0.3 is 5.97 Å². The van der Waals surface area contributed by atoms with Gasteiger partial charge in [-0.05, 0) is 207 Å². The minimum Gasteiger partial charge on any atom is -0.460 e. The van der Waals surface area contributed by atoms with Gasteiger partial charge in [0, 0.05) is 69.8 Å². The van der Waals surface area contributed by atoms with Crippen molar-refractivity contribution in [2.75, 3.05) is 27.9 Å². The van der Waals surface area contributed by atoms with Crippen LogP contribution in [0, 0.1) is 70.0 Å². The van der Waals surface area contributed by atoms with Crippen molar-refractivity contribution in [3.63, 3.8) is 0 Å². The molecule has 2 bridgehead atoms. The molecule has 2 saturated heterocycles. The number of ether oxygens (including phenoxy) is 5. The van der Waals surface area contributed by atoms with E-state index in [0.717, 1.165) is 36.8 Å². The van der Waals surface area contributed by atoms with Crippen LogP contribution >= 0.6 is 0 Å². The molecule has 8 aliphatic rings. The number of amides is 1. The van der Waals surface area contributed by atoms with E-state index in [1.54, 1.807) is 61.0 Å². The fourth-order valence-corrected chi connectivity index (χ4v) is 18.4. The lowest BCUT2D eigenvalue weighted by atomic mass is 9.46. The smallest absolute Gasteiger partial charge is 0.329 e. The van der Waals surface area contributed by atoms with Crippen molar-refractivity contribution in [1.29, 1.82) is 0 Å². The third kappa shape index (κ3) is 18.2. The third-order valence-electron chi connectivity index (χ3n) is 25.0. The van der Waals surface area contributed by atoms with E-state index in [-0.39, 0.29) is 90.7 Å². The first-order valence-corrected chi connectivity index (χ1v) is 36.8. The summed E-state index contributed by atoms with van der Waals surface area (Å²) >= 11 is 0. The molecule has 98 heavy (non-hydrogen) atoms. The first-order valence-electron chi connectivity index (χ1n) is 36.8. The van der Waals surface area contributed by atoms with Crippen LogP contribution in [0.25, 0.3) is 0 Å². The molecule has 20 heteroatoms. The largest absolute Gasteiger partial charge is 0.460 e. The van der Waals surface area contributed by atoms with E-state index >= 15 is 0 Å². The van der Waals surface area contributed by atoms with Crippen LogP contribution in [0.4, 0.5) is 0 Å². The van der Waals surface area contributed by atoms with Crippen molar-refractivity contribution in [2.24, 2.45) is 70.0 Å². The summed E-state index contributed by atoms with van der Waals surface area (Å²) in [5.74, 6) is -8.22. The molecular weight excluding hydrogens is 1250 g/mol. The van der Waals surface area contributed by atoms with Crippen LogP contribution in [-0.2, 0) is 52.5 Å². The summed E-state index contributed by atoms with van der Waals surface area (Å²) in [6.45, 7) is 22.5. The Kier molecular flexibility index (Phi) is 28.1. The van der Waals surface area contributed by atoms with E-state index < -0.39 is 124 Å². The van der Waals surface area contributed by atoms with Gasteiger partial charge in [-0.25, -0.2) is 4.79 Å². The topological polar surface area (TPSA) is 314 Å². The quantitative estimate of drug-likeness (QED) is 0.0544. The van der Waals surface area contributed by atoms with Gasteiger partial charge in [0.15, 0.2) is 11.6 Å². The lowest BCUT2D eigenvalue weighted by Crippen LogP contribution is -2.61. The molecule has 25 atom stereocenters. The zero-order valence-corrected chi connectivity index (χ0v) is 61.5. The summed E-state index contributed by atoms with van der Waals surface area (Å²) in [5.41, 5.74) is -0.744. The Morgan fingerprint density at radius 1 is 0.765 bits per heavy atom. The second-order valence-corrected chi connectivity index (χ2v) is 32.5. The molecule has 4 saturated carbocycles. The van der Waals surface area contributed by atoms with E-state index in [4.69, 9.17) is 23.7 Å². The number of carbonyl (C=O) groups is 6. The highest BCUT2D eigenvalue weighted by molar-refractivity contribution is 6.39. The maximum absolute atomic E-state index is 14.4. The molecule has 0 radical (unpaired) electrons. The van der Waals surface area contributed by atoms with Gasteiger partial charge < -0.3 is 69.4 Å². The number of aliphatic hydroxyl groups excluding tert-OH is 5. The molecular formula is C78H123NO19. The van der Waals surface area contributed by atoms with Gasteiger partial charge in [0.05, 0.1) is 53.9 Å². The highest BCUT2D eigenvalue weighted by atomic mass is 16.6. The van der Waals surface area contributed by atoms with Crippen LogP contribution in [-0.4, -0.2) is 193 Å². The molecule has 1 amide bonds. The van der Waals surface area contributed by atoms with Crippen LogP contribution in [0.15, 0.2) is 59.3 Å². The predicted molar refractivity (Wildman–Crippen MR) is 370 cm³/mol. The molecule has 0 unspecified atom stereocenters. The Labute approximate surface area is 583 Å². The first-order chi connectivity index (χ1) is 45.9. The van der Waals surface area contributed by atoms with Gasteiger partial charge in [0.1, 0.15) is 30.1 Å². The number of aliphatic hydroxyl groups is 8. The number of hydrogen-bond acceptors (Lipinski definition) is 19. The number of hydrogen-bond donors (Lipinski definition) is 8. The number of piperidine rings is 1. The second-order valence-electron chi connectivity index (χ2n) is 32.5. The average molecular weight is 1380 g/mol. The first kappa shape index (κ1) is 81.1. The van der Waals surface area contributed by atoms with Gasteiger partial charge in [0.2, 0.25) is 5.79 Å². The molecule has 8 N–H and O–H groups in total. The summed E-state index contributed by atoms with van der Waals surface area (Å²) in [6.07, 6.45) is 15.2. The molecule has 0 aromatic heterocycles.